The van der Waals surface area contributed by atoms with Crippen LogP contribution in [0, 0.1) is 5.82 Å². The fourth-order valence-electron chi connectivity index (χ4n) is 3.72. The Bertz CT molecular complexity index is 1490. The number of anilines is 1. The number of amides is 1. The summed E-state index contributed by atoms with van der Waals surface area (Å²) in [5, 5.41) is 2.56. The standard InChI is InChI=1S/C20H23FN6O6S/c1-24-18-17(19(29)25(2)20(24)30)26(12-22-18)6-5-16(28)23-13-3-4-14(21)15(11-13)34(31,32)27-7-9-33-10-8-27/h3-4,11-12H,5-10H2,1-2H3,(H,23,28). The number of fused-ring (bicyclic) bond motifs is 1. The number of rotatable bonds is 6. The highest BCUT2D eigenvalue weighted by atomic mass is 32.2. The second-order valence-corrected chi connectivity index (χ2v) is 9.68. The molecule has 1 N–H and O–H groups in total. The third-order valence-corrected chi connectivity index (χ3v) is 7.51. The summed E-state index contributed by atoms with van der Waals surface area (Å²) >= 11 is 0. The SMILES string of the molecule is Cn1c(=O)c2c(ncn2CCC(=O)Nc2ccc(F)c(S(=O)(=O)N3CCOCC3)c2)n(C)c1=O. The van der Waals surface area contributed by atoms with Gasteiger partial charge in [0.1, 0.15) is 10.7 Å². The number of carbonyl (C=O) groups excluding carboxylic acids is 1. The Labute approximate surface area is 193 Å². The van der Waals surface area contributed by atoms with Gasteiger partial charge in [-0.15, -0.1) is 0 Å². The third kappa shape index (κ3) is 4.26. The van der Waals surface area contributed by atoms with E-state index in [9.17, 15) is 27.2 Å². The molecule has 1 aliphatic rings. The van der Waals surface area contributed by atoms with Crippen molar-refractivity contribution in [3.8, 4) is 0 Å². The zero-order chi connectivity index (χ0) is 24.6. The molecule has 1 amide bonds. The lowest BCUT2D eigenvalue weighted by Crippen LogP contribution is -2.40. The van der Waals surface area contributed by atoms with Crippen LogP contribution in [0.3, 0.4) is 0 Å². The fraction of sp³-hybridized carbons (Fsp3) is 0.400. The quantitative estimate of drug-likeness (QED) is 0.493. The highest BCUT2D eigenvalue weighted by Crippen LogP contribution is 2.24. The molecule has 3 aromatic rings. The monoisotopic (exact) mass is 494 g/mol. The Hall–Kier alpha value is -3.36. The second-order valence-electron chi connectivity index (χ2n) is 7.78. The lowest BCUT2D eigenvalue weighted by Gasteiger charge is -2.26. The smallest absolute Gasteiger partial charge is 0.332 e. The fourth-order valence-corrected chi connectivity index (χ4v) is 5.22. The van der Waals surface area contributed by atoms with Gasteiger partial charge in [0.15, 0.2) is 11.2 Å². The van der Waals surface area contributed by atoms with Crippen LogP contribution in [0.2, 0.25) is 0 Å². The van der Waals surface area contributed by atoms with E-state index in [1.807, 2.05) is 0 Å². The van der Waals surface area contributed by atoms with Gasteiger partial charge < -0.3 is 14.6 Å². The van der Waals surface area contributed by atoms with Crippen LogP contribution in [0.5, 0.6) is 0 Å². The van der Waals surface area contributed by atoms with Crippen LogP contribution in [0.4, 0.5) is 10.1 Å². The maximum absolute atomic E-state index is 14.4. The zero-order valence-corrected chi connectivity index (χ0v) is 19.3. The Morgan fingerprint density at radius 3 is 2.59 bits per heavy atom. The predicted octanol–water partition coefficient (Wildman–Crippen LogP) is -0.377. The summed E-state index contributed by atoms with van der Waals surface area (Å²) in [7, 11) is -1.25. The number of imidazole rings is 1. The number of aryl methyl sites for hydroxylation is 2. The maximum Gasteiger partial charge on any atom is 0.332 e. The van der Waals surface area contributed by atoms with E-state index >= 15 is 0 Å². The van der Waals surface area contributed by atoms with E-state index < -0.39 is 37.9 Å². The molecule has 34 heavy (non-hydrogen) atoms. The summed E-state index contributed by atoms with van der Waals surface area (Å²) in [5.41, 5.74) is -0.553. The largest absolute Gasteiger partial charge is 0.379 e. The number of hydrogen-bond acceptors (Lipinski definition) is 7. The van der Waals surface area contributed by atoms with Crippen LogP contribution in [-0.4, -0.2) is 63.6 Å². The van der Waals surface area contributed by atoms with Crippen LogP contribution < -0.4 is 16.6 Å². The molecular weight excluding hydrogens is 471 g/mol. The van der Waals surface area contributed by atoms with E-state index in [-0.39, 0.29) is 56.1 Å². The van der Waals surface area contributed by atoms with Gasteiger partial charge in [0.05, 0.1) is 19.5 Å². The van der Waals surface area contributed by atoms with E-state index in [1.54, 1.807) is 0 Å². The van der Waals surface area contributed by atoms with E-state index in [2.05, 4.69) is 10.3 Å². The van der Waals surface area contributed by atoms with Gasteiger partial charge in [0.25, 0.3) is 5.56 Å². The van der Waals surface area contributed by atoms with E-state index in [0.29, 0.717) is 0 Å². The molecule has 0 unspecified atom stereocenters. The first-order valence-electron chi connectivity index (χ1n) is 10.4. The van der Waals surface area contributed by atoms with E-state index in [0.717, 1.165) is 21.0 Å². The lowest BCUT2D eigenvalue weighted by atomic mass is 10.3. The van der Waals surface area contributed by atoms with Crippen LogP contribution >= 0.6 is 0 Å². The van der Waals surface area contributed by atoms with Gasteiger partial charge in [-0.1, -0.05) is 0 Å². The molecule has 14 heteroatoms. The maximum atomic E-state index is 14.4. The van der Waals surface area contributed by atoms with Gasteiger partial charge in [0.2, 0.25) is 15.9 Å². The molecule has 4 rings (SSSR count). The average Bonchev–Trinajstić information content (AvgIpc) is 3.26. The molecule has 0 radical (unpaired) electrons. The molecule has 1 aliphatic heterocycles. The van der Waals surface area contributed by atoms with Crippen LogP contribution in [-0.2, 0) is 40.2 Å². The van der Waals surface area contributed by atoms with Crippen LogP contribution in [0.1, 0.15) is 6.42 Å². The summed E-state index contributed by atoms with van der Waals surface area (Å²) in [6, 6.07) is 3.33. The van der Waals surface area contributed by atoms with Crippen molar-refractivity contribution < 1.29 is 22.3 Å². The minimum atomic E-state index is -4.09. The average molecular weight is 495 g/mol. The number of nitrogens with one attached hydrogen (secondary N) is 1. The number of carbonyl (C=O) groups is 1. The lowest BCUT2D eigenvalue weighted by molar-refractivity contribution is -0.116. The van der Waals surface area contributed by atoms with Crippen molar-refractivity contribution in [2.45, 2.75) is 17.9 Å². The first-order valence-corrected chi connectivity index (χ1v) is 11.8. The first-order chi connectivity index (χ1) is 16.1. The van der Waals surface area contributed by atoms with Crippen molar-refractivity contribution in [3.05, 3.63) is 51.2 Å². The molecule has 0 bridgehead atoms. The van der Waals surface area contributed by atoms with Crippen LogP contribution in [0.25, 0.3) is 11.2 Å². The Morgan fingerprint density at radius 2 is 1.88 bits per heavy atom. The highest BCUT2D eigenvalue weighted by molar-refractivity contribution is 7.89. The molecule has 0 saturated carbocycles. The first kappa shape index (κ1) is 23.8. The topological polar surface area (TPSA) is 138 Å². The summed E-state index contributed by atoms with van der Waals surface area (Å²) in [4.78, 5) is 40.6. The van der Waals surface area contributed by atoms with Crippen molar-refractivity contribution in [1.29, 1.82) is 0 Å². The van der Waals surface area contributed by atoms with Gasteiger partial charge in [-0.3, -0.25) is 18.7 Å². The van der Waals surface area contributed by atoms with Gasteiger partial charge in [-0.05, 0) is 18.2 Å². The number of nitrogens with zero attached hydrogens (tertiary/aromatic N) is 5. The molecule has 0 atom stereocenters. The Balaban J connectivity index is 1.51. The predicted molar refractivity (Wildman–Crippen MR) is 119 cm³/mol. The Morgan fingerprint density at radius 1 is 1.18 bits per heavy atom. The van der Waals surface area contributed by atoms with E-state index in [4.69, 9.17) is 4.74 Å². The van der Waals surface area contributed by atoms with Gasteiger partial charge in [0, 0.05) is 45.8 Å². The molecule has 0 aliphatic carbocycles. The van der Waals surface area contributed by atoms with Crippen molar-refractivity contribution >= 4 is 32.8 Å². The minimum absolute atomic E-state index is 0.0793. The molecular formula is C20H23FN6O6S. The van der Waals surface area contributed by atoms with E-state index in [1.165, 1.54) is 35.6 Å². The number of benzene rings is 1. The molecule has 12 nitrogen and oxygen atoms in total. The van der Waals surface area contributed by atoms with Crippen molar-refractivity contribution in [3.63, 3.8) is 0 Å². The summed E-state index contributed by atoms with van der Waals surface area (Å²) in [5.74, 6) is -1.40. The summed E-state index contributed by atoms with van der Waals surface area (Å²) in [6.45, 7) is 0.745. The number of halogens is 1. The number of aromatic nitrogens is 4. The molecule has 1 saturated heterocycles. The Kier molecular flexibility index (Phi) is 6.38. The van der Waals surface area contributed by atoms with Crippen molar-refractivity contribution in [2.24, 2.45) is 14.1 Å². The van der Waals surface area contributed by atoms with Crippen molar-refractivity contribution in [2.75, 3.05) is 31.6 Å². The second kappa shape index (κ2) is 9.12. The molecule has 1 fully saturated rings. The zero-order valence-electron chi connectivity index (χ0n) is 18.5. The number of sulfonamides is 1. The summed E-state index contributed by atoms with van der Waals surface area (Å²) < 4.78 is 49.9. The highest BCUT2D eigenvalue weighted by Gasteiger charge is 2.29. The molecule has 182 valence electrons. The molecule has 3 heterocycles. The van der Waals surface area contributed by atoms with Gasteiger partial charge in [-0.2, -0.15) is 4.31 Å². The molecule has 0 spiro atoms. The molecule has 1 aromatic carbocycles. The minimum Gasteiger partial charge on any atom is -0.379 e. The van der Waals surface area contributed by atoms with Crippen molar-refractivity contribution in [1.82, 2.24) is 23.0 Å². The number of ether oxygens (including phenoxy) is 1. The van der Waals surface area contributed by atoms with Gasteiger partial charge >= 0.3 is 5.69 Å². The van der Waals surface area contributed by atoms with Gasteiger partial charge in [-0.25, -0.2) is 22.6 Å². The van der Waals surface area contributed by atoms with Crippen LogP contribution in [0.15, 0.2) is 39.0 Å². The normalized spacial score (nSPS) is 15.0. The number of morpholine rings is 1. The number of hydrogen-bond donors (Lipinski definition) is 1. The third-order valence-electron chi connectivity index (χ3n) is 5.60. The summed E-state index contributed by atoms with van der Waals surface area (Å²) in [6.07, 6.45) is 1.28. The molecule has 2 aromatic heterocycles.